The fraction of sp³-hybridized carbons (Fsp3) is 0.933. The molecule has 1 unspecified atom stereocenters. The second-order valence-corrected chi connectivity index (χ2v) is 7.50. The topological polar surface area (TPSA) is 29.1 Å². The predicted octanol–water partition coefficient (Wildman–Crippen LogP) is 2.73. The molecule has 2 nitrogen and oxygen atoms in total. The highest BCUT2D eigenvalue weighted by molar-refractivity contribution is 5.78. The third-order valence-electron chi connectivity index (χ3n) is 5.95. The minimum Gasteiger partial charge on any atom is -0.356 e. The van der Waals surface area contributed by atoms with Crippen molar-refractivity contribution in [1.82, 2.24) is 5.32 Å². The van der Waals surface area contributed by atoms with Crippen LogP contribution in [0.4, 0.5) is 0 Å². The lowest BCUT2D eigenvalue weighted by Gasteiger charge is -2.57. The lowest BCUT2D eigenvalue weighted by atomic mass is 9.48. The van der Waals surface area contributed by atoms with Gasteiger partial charge in [-0.15, -0.1) is 0 Å². The highest BCUT2D eigenvalue weighted by Gasteiger charge is 2.51. The Kier molecular flexibility index (Phi) is 2.13. The van der Waals surface area contributed by atoms with E-state index in [2.05, 4.69) is 5.32 Å². The molecule has 1 amide bonds. The zero-order chi connectivity index (χ0) is 11.5. The number of rotatable bonds is 2. The van der Waals surface area contributed by atoms with Crippen LogP contribution in [0.15, 0.2) is 0 Å². The van der Waals surface area contributed by atoms with E-state index in [-0.39, 0.29) is 0 Å². The average molecular weight is 233 g/mol. The van der Waals surface area contributed by atoms with E-state index in [1.54, 1.807) is 0 Å². The van der Waals surface area contributed by atoms with Crippen LogP contribution in [0.25, 0.3) is 0 Å². The van der Waals surface area contributed by atoms with Gasteiger partial charge in [-0.05, 0) is 74.0 Å². The first kappa shape index (κ1) is 10.4. The summed E-state index contributed by atoms with van der Waals surface area (Å²) in [4.78, 5) is 11.3. The average Bonchev–Trinajstić information content (AvgIpc) is 2.60. The number of carbonyl (C=O) groups is 1. The summed E-state index contributed by atoms with van der Waals surface area (Å²) >= 11 is 0. The van der Waals surface area contributed by atoms with Gasteiger partial charge in [-0.3, -0.25) is 4.79 Å². The van der Waals surface area contributed by atoms with Crippen LogP contribution < -0.4 is 5.32 Å². The Labute approximate surface area is 104 Å². The Hall–Kier alpha value is -0.530. The predicted molar refractivity (Wildman–Crippen MR) is 66.3 cm³/mol. The van der Waals surface area contributed by atoms with Gasteiger partial charge in [0.1, 0.15) is 0 Å². The summed E-state index contributed by atoms with van der Waals surface area (Å²) in [6, 6.07) is 0. The molecular formula is C15H23NO. The SMILES string of the molecule is O=C1CC(CC23CC4CC(CC(C4)C2)C3)CN1. The quantitative estimate of drug-likeness (QED) is 0.780. The lowest BCUT2D eigenvalue weighted by Crippen LogP contribution is -2.46. The Balaban J connectivity index is 1.51. The highest BCUT2D eigenvalue weighted by atomic mass is 16.1. The number of hydrogen-bond donors (Lipinski definition) is 1. The van der Waals surface area contributed by atoms with Gasteiger partial charge >= 0.3 is 0 Å². The molecule has 17 heavy (non-hydrogen) atoms. The molecule has 5 aliphatic rings. The molecule has 5 fully saturated rings. The van der Waals surface area contributed by atoms with Gasteiger partial charge in [-0.25, -0.2) is 0 Å². The summed E-state index contributed by atoms with van der Waals surface area (Å²) in [6.45, 7) is 0.959. The highest BCUT2D eigenvalue weighted by Crippen LogP contribution is 2.62. The molecule has 0 aromatic rings. The zero-order valence-electron chi connectivity index (χ0n) is 10.6. The number of hydrogen-bond acceptors (Lipinski definition) is 1. The second-order valence-electron chi connectivity index (χ2n) is 7.50. The second kappa shape index (κ2) is 3.49. The molecule has 0 spiro atoms. The van der Waals surface area contributed by atoms with Crippen molar-refractivity contribution in [3.05, 3.63) is 0 Å². The molecule has 4 bridgehead atoms. The number of nitrogens with one attached hydrogen (secondary N) is 1. The first-order chi connectivity index (χ1) is 8.21. The molecule has 1 aliphatic heterocycles. The molecule has 1 heterocycles. The van der Waals surface area contributed by atoms with Crippen LogP contribution in [0.5, 0.6) is 0 Å². The molecule has 4 aliphatic carbocycles. The number of amides is 1. The Morgan fingerprint density at radius 1 is 1.06 bits per heavy atom. The van der Waals surface area contributed by atoms with E-state index in [1.807, 2.05) is 0 Å². The van der Waals surface area contributed by atoms with Crippen LogP contribution in [0.2, 0.25) is 0 Å². The first-order valence-electron chi connectivity index (χ1n) is 7.47. The monoisotopic (exact) mass is 233 g/mol. The summed E-state index contributed by atoms with van der Waals surface area (Å²) < 4.78 is 0. The first-order valence-corrected chi connectivity index (χ1v) is 7.47. The van der Waals surface area contributed by atoms with Crippen LogP contribution in [0.3, 0.4) is 0 Å². The molecular weight excluding hydrogens is 210 g/mol. The number of carbonyl (C=O) groups excluding carboxylic acids is 1. The molecule has 0 aromatic heterocycles. The van der Waals surface area contributed by atoms with Gasteiger partial charge in [0.25, 0.3) is 0 Å². The zero-order valence-corrected chi connectivity index (χ0v) is 10.6. The van der Waals surface area contributed by atoms with E-state index in [9.17, 15) is 4.79 Å². The minimum atomic E-state index is 0.291. The van der Waals surface area contributed by atoms with Crippen LogP contribution in [-0.4, -0.2) is 12.5 Å². The van der Waals surface area contributed by atoms with Crippen molar-refractivity contribution < 1.29 is 4.79 Å². The van der Waals surface area contributed by atoms with Crippen molar-refractivity contribution >= 4 is 5.91 Å². The van der Waals surface area contributed by atoms with Gasteiger partial charge in [0.05, 0.1) is 0 Å². The van der Waals surface area contributed by atoms with Crippen LogP contribution in [0, 0.1) is 29.1 Å². The maximum Gasteiger partial charge on any atom is 0.220 e. The summed E-state index contributed by atoms with van der Waals surface area (Å²) in [5.74, 6) is 4.09. The molecule has 0 radical (unpaired) electrons. The maximum absolute atomic E-state index is 11.3. The summed E-state index contributed by atoms with van der Waals surface area (Å²) in [5, 5.41) is 3.01. The molecule has 4 saturated carbocycles. The summed E-state index contributed by atoms with van der Waals surface area (Å²) in [7, 11) is 0. The maximum atomic E-state index is 11.3. The van der Waals surface area contributed by atoms with Crippen molar-refractivity contribution in [2.45, 2.75) is 51.4 Å². The fourth-order valence-electron chi connectivity index (χ4n) is 5.96. The molecule has 1 N–H and O–H groups in total. The van der Waals surface area contributed by atoms with Crippen LogP contribution in [-0.2, 0) is 4.79 Å². The van der Waals surface area contributed by atoms with Gasteiger partial charge in [0.15, 0.2) is 0 Å². The molecule has 1 saturated heterocycles. The van der Waals surface area contributed by atoms with Gasteiger partial charge < -0.3 is 5.32 Å². The smallest absolute Gasteiger partial charge is 0.220 e. The Bertz CT molecular complexity index is 314. The normalized spacial score (nSPS) is 51.9. The lowest BCUT2D eigenvalue weighted by molar-refractivity contribution is -0.119. The van der Waals surface area contributed by atoms with E-state index in [1.165, 1.54) is 44.9 Å². The molecule has 1 atom stereocenters. The van der Waals surface area contributed by atoms with E-state index in [0.29, 0.717) is 17.2 Å². The van der Waals surface area contributed by atoms with Gasteiger partial charge in [0, 0.05) is 13.0 Å². The minimum absolute atomic E-state index is 0.291. The molecule has 94 valence electrons. The Morgan fingerprint density at radius 3 is 2.12 bits per heavy atom. The molecule has 5 rings (SSSR count). The molecule has 2 heteroatoms. The van der Waals surface area contributed by atoms with E-state index in [4.69, 9.17) is 0 Å². The standard InChI is InChI=1S/C15H23NO/c17-14-4-13(9-16-14)8-15-5-10-1-11(6-15)3-12(2-10)7-15/h10-13H,1-9H2,(H,16,17). The van der Waals surface area contributed by atoms with Gasteiger partial charge in [-0.1, -0.05) is 0 Å². The fourth-order valence-corrected chi connectivity index (χ4v) is 5.96. The third kappa shape index (κ3) is 1.71. The third-order valence-corrected chi connectivity index (χ3v) is 5.95. The van der Waals surface area contributed by atoms with Crippen molar-refractivity contribution in [3.8, 4) is 0 Å². The van der Waals surface area contributed by atoms with Crippen molar-refractivity contribution in [3.63, 3.8) is 0 Å². The summed E-state index contributed by atoms with van der Waals surface area (Å²) in [6.07, 6.45) is 11.2. The Morgan fingerprint density at radius 2 is 1.65 bits per heavy atom. The van der Waals surface area contributed by atoms with E-state index >= 15 is 0 Å². The van der Waals surface area contributed by atoms with Crippen LogP contribution in [0.1, 0.15) is 51.4 Å². The van der Waals surface area contributed by atoms with E-state index < -0.39 is 0 Å². The van der Waals surface area contributed by atoms with Crippen molar-refractivity contribution in [2.24, 2.45) is 29.1 Å². The largest absolute Gasteiger partial charge is 0.356 e. The van der Waals surface area contributed by atoms with Gasteiger partial charge in [0.2, 0.25) is 5.91 Å². The van der Waals surface area contributed by atoms with Crippen LogP contribution >= 0.6 is 0 Å². The van der Waals surface area contributed by atoms with E-state index in [0.717, 1.165) is 30.7 Å². The van der Waals surface area contributed by atoms with Crippen molar-refractivity contribution in [2.75, 3.05) is 6.54 Å². The molecule has 0 aromatic carbocycles. The summed E-state index contributed by atoms with van der Waals surface area (Å²) in [5.41, 5.74) is 0.658. The van der Waals surface area contributed by atoms with Gasteiger partial charge in [-0.2, -0.15) is 0 Å². The van der Waals surface area contributed by atoms with Crippen molar-refractivity contribution in [1.29, 1.82) is 0 Å².